The third-order valence-electron chi connectivity index (χ3n) is 5.07. The van der Waals surface area contributed by atoms with Gasteiger partial charge in [-0.1, -0.05) is 24.3 Å². The molecule has 10 heteroatoms. The fraction of sp³-hybridized carbons (Fsp3) is 0.0769. The van der Waals surface area contributed by atoms with Crippen molar-refractivity contribution in [1.82, 2.24) is 0 Å². The van der Waals surface area contributed by atoms with Gasteiger partial charge >= 0.3 is 11.9 Å². The van der Waals surface area contributed by atoms with Crippen molar-refractivity contribution in [2.75, 3.05) is 0 Å². The molecule has 7 N–H and O–H groups in total. The quantitative estimate of drug-likeness (QED) is 0.106. The Morgan fingerprint density at radius 2 is 1.39 bits per heavy atom. The highest BCUT2D eigenvalue weighted by atomic mass is 16.6. The first-order chi connectivity index (χ1) is 17.0. The maximum Gasteiger partial charge on any atom is 0.345 e. The molecule has 36 heavy (non-hydrogen) atoms. The average Bonchev–Trinajstić information content (AvgIpc) is 2.83. The number of phenolic OH excluding ortho intramolecular Hbond substituents is 6. The van der Waals surface area contributed by atoms with Gasteiger partial charge in [-0.05, 0) is 59.2 Å². The third-order valence-corrected chi connectivity index (χ3v) is 5.07. The molecule has 1 unspecified atom stereocenters. The second-order valence-corrected chi connectivity index (χ2v) is 7.64. The summed E-state index contributed by atoms with van der Waals surface area (Å²) in [5.41, 5.74) is 1.16. The molecule has 1 atom stereocenters. The first-order valence-electron chi connectivity index (χ1n) is 10.4. The van der Waals surface area contributed by atoms with Gasteiger partial charge in [0.15, 0.2) is 34.5 Å². The molecule has 0 radical (unpaired) electrons. The number of aromatic hydroxyl groups is 6. The minimum atomic E-state index is -1.58. The molecule has 0 aliphatic carbocycles. The van der Waals surface area contributed by atoms with Crippen molar-refractivity contribution in [2.45, 2.75) is 12.5 Å². The van der Waals surface area contributed by atoms with E-state index >= 15 is 0 Å². The monoisotopic (exact) mass is 494 g/mol. The Bertz CT molecular complexity index is 1360. The lowest BCUT2D eigenvalue weighted by Crippen LogP contribution is -2.28. The molecule has 0 saturated heterocycles. The summed E-state index contributed by atoms with van der Waals surface area (Å²) in [5.74, 6) is -4.82. The summed E-state index contributed by atoms with van der Waals surface area (Å²) in [6.07, 6.45) is 3.23. The van der Waals surface area contributed by atoms with E-state index in [2.05, 4.69) is 0 Å². The summed E-state index contributed by atoms with van der Waals surface area (Å²) in [7, 11) is 0. The molecule has 0 fully saturated rings. The number of carboxylic acid groups (broad SMARTS) is 1. The van der Waals surface area contributed by atoms with Crippen LogP contribution < -0.4 is 0 Å². The molecule has 0 bridgehead atoms. The minimum absolute atomic E-state index is 0.112. The number of rotatable bonds is 8. The Labute approximate surface area is 204 Å². The number of phenols is 6. The van der Waals surface area contributed by atoms with E-state index in [4.69, 9.17) is 4.74 Å². The molecule has 0 aliphatic rings. The zero-order chi connectivity index (χ0) is 26.4. The lowest BCUT2D eigenvalue weighted by atomic mass is 10.0. The van der Waals surface area contributed by atoms with E-state index in [9.17, 15) is 45.3 Å². The number of benzene rings is 3. The van der Waals surface area contributed by atoms with Gasteiger partial charge in [0.1, 0.15) is 0 Å². The van der Waals surface area contributed by atoms with Crippen molar-refractivity contribution in [2.24, 2.45) is 0 Å². The average molecular weight is 494 g/mol. The zero-order valence-electron chi connectivity index (χ0n) is 18.6. The number of esters is 1. The van der Waals surface area contributed by atoms with Gasteiger partial charge in [-0.15, -0.1) is 0 Å². The van der Waals surface area contributed by atoms with Crippen LogP contribution in [0, 0.1) is 0 Å². The third kappa shape index (κ3) is 6.26. The smallest absolute Gasteiger partial charge is 0.345 e. The van der Waals surface area contributed by atoms with Crippen LogP contribution in [-0.4, -0.2) is 53.8 Å². The van der Waals surface area contributed by atoms with E-state index in [0.29, 0.717) is 11.1 Å². The number of ether oxygens (including phenoxy) is 1. The standard InChI is InChI=1S/C26H22O10/c27-18-7-2-14(11-21(18)30)1-6-17-16(4-9-20(29)25(17)33)5-10-24(32)36-23(26(34)35)13-15-3-8-19(28)22(31)12-15/h1-12,23,27-31,33H,13H2,(H,34,35)/b6-1?,10-5+. The van der Waals surface area contributed by atoms with Gasteiger partial charge < -0.3 is 40.5 Å². The highest BCUT2D eigenvalue weighted by Gasteiger charge is 2.22. The van der Waals surface area contributed by atoms with Crippen LogP contribution in [0.4, 0.5) is 0 Å². The van der Waals surface area contributed by atoms with Crippen LogP contribution in [-0.2, 0) is 20.7 Å². The summed E-state index contributed by atoms with van der Waals surface area (Å²) in [5, 5.41) is 67.5. The molecular formula is C26H22O10. The Kier molecular flexibility index (Phi) is 7.70. The summed E-state index contributed by atoms with van der Waals surface area (Å²) in [6.45, 7) is 0. The van der Waals surface area contributed by atoms with Crippen molar-refractivity contribution >= 4 is 30.2 Å². The molecule has 3 aromatic carbocycles. The molecule has 0 saturated carbocycles. The maximum absolute atomic E-state index is 12.3. The molecule has 0 amide bonds. The number of aliphatic carboxylic acids is 1. The first kappa shape index (κ1) is 25.5. The summed E-state index contributed by atoms with van der Waals surface area (Å²) in [4.78, 5) is 23.9. The van der Waals surface area contributed by atoms with Crippen LogP contribution >= 0.6 is 0 Å². The zero-order valence-corrected chi connectivity index (χ0v) is 18.6. The van der Waals surface area contributed by atoms with Crippen LogP contribution in [0.25, 0.3) is 18.2 Å². The van der Waals surface area contributed by atoms with E-state index in [-0.39, 0.29) is 34.8 Å². The summed E-state index contributed by atoms with van der Waals surface area (Å²) >= 11 is 0. The number of carbonyl (C=O) groups excluding carboxylic acids is 1. The Morgan fingerprint density at radius 3 is 2.03 bits per heavy atom. The molecule has 3 aromatic rings. The second-order valence-electron chi connectivity index (χ2n) is 7.64. The second kappa shape index (κ2) is 10.9. The molecule has 10 nitrogen and oxygen atoms in total. The Morgan fingerprint density at radius 1 is 0.750 bits per heavy atom. The van der Waals surface area contributed by atoms with Crippen LogP contribution in [0.1, 0.15) is 22.3 Å². The van der Waals surface area contributed by atoms with Gasteiger partial charge in [0.05, 0.1) is 0 Å². The molecule has 0 spiro atoms. The lowest BCUT2D eigenvalue weighted by molar-refractivity contribution is -0.160. The molecule has 186 valence electrons. The van der Waals surface area contributed by atoms with E-state index in [0.717, 1.165) is 12.1 Å². The summed E-state index contributed by atoms with van der Waals surface area (Å²) in [6, 6.07) is 10.4. The predicted molar refractivity (Wildman–Crippen MR) is 128 cm³/mol. The van der Waals surface area contributed by atoms with Crippen molar-refractivity contribution in [3.05, 3.63) is 76.9 Å². The highest BCUT2D eigenvalue weighted by Crippen LogP contribution is 2.34. The SMILES string of the molecule is O=C(/C=C/c1ccc(O)c(O)c1C=Cc1ccc(O)c(O)c1)OC(Cc1ccc(O)c(O)c1)C(=O)O. The fourth-order valence-corrected chi connectivity index (χ4v) is 3.18. The Balaban J connectivity index is 1.79. The summed E-state index contributed by atoms with van der Waals surface area (Å²) < 4.78 is 5.00. The van der Waals surface area contributed by atoms with Crippen LogP contribution in [0.5, 0.6) is 34.5 Å². The molecular weight excluding hydrogens is 472 g/mol. The van der Waals surface area contributed by atoms with Crippen molar-refractivity contribution in [3.8, 4) is 34.5 Å². The molecule has 3 rings (SSSR count). The van der Waals surface area contributed by atoms with Crippen LogP contribution in [0.2, 0.25) is 0 Å². The minimum Gasteiger partial charge on any atom is -0.504 e. The normalized spacial score (nSPS) is 12.1. The van der Waals surface area contributed by atoms with E-state index in [1.54, 1.807) is 0 Å². The van der Waals surface area contributed by atoms with Gasteiger partial charge in [0.25, 0.3) is 0 Å². The number of hydrogen-bond donors (Lipinski definition) is 7. The van der Waals surface area contributed by atoms with Gasteiger partial charge in [0, 0.05) is 18.1 Å². The fourth-order valence-electron chi connectivity index (χ4n) is 3.18. The van der Waals surface area contributed by atoms with Crippen molar-refractivity contribution in [3.63, 3.8) is 0 Å². The lowest BCUT2D eigenvalue weighted by Gasteiger charge is -2.13. The first-order valence-corrected chi connectivity index (χ1v) is 10.4. The predicted octanol–water partition coefficient (Wildman–Crippen LogP) is 3.34. The number of carbonyl (C=O) groups is 2. The van der Waals surface area contributed by atoms with E-state index in [1.807, 2.05) is 0 Å². The Hall–Kier alpha value is -5.12. The highest BCUT2D eigenvalue weighted by molar-refractivity contribution is 5.91. The molecule has 0 aromatic heterocycles. The molecule has 0 aliphatic heterocycles. The van der Waals surface area contributed by atoms with Crippen LogP contribution in [0.3, 0.4) is 0 Å². The van der Waals surface area contributed by atoms with E-state index in [1.165, 1.54) is 60.7 Å². The number of carboxylic acids is 1. The molecule has 0 heterocycles. The van der Waals surface area contributed by atoms with Gasteiger partial charge in [0.2, 0.25) is 6.10 Å². The van der Waals surface area contributed by atoms with Crippen LogP contribution in [0.15, 0.2) is 54.6 Å². The van der Waals surface area contributed by atoms with Gasteiger partial charge in [-0.25, -0.2) is 9.59 Å². The van der Waals surface area contributed by atoms with Crippen molar-refractivity contribution in [1.29, 1.82) is 0 Å². The van der Waals surface area contributed by atoms with E-state index < -0.39 is 35.3 Å². The maximum atomic E-state index is 12.3. The van der Waals surface area contributed by atoms with Gasteiger partial charge in [-0.3, -0.25) is 0 Å². The van der Waals surface area contributed by atoms with Crippen molar-refractivity contribution < 1.29 is 50.1 Å². The topological polar surface area (TPSA) is 185 Å². The van der Waals surface area contributed by atoms with Gasteiger partial charge in [-0.2, -0.15) is 0 Å². The number of hydrogen-bond acceptors (Lipinski definition) is 9. The largest absolute Gasteiger partial charge is 0.504 e.